The summed E-state index contributed by atoms with van der Waals surface area (Å²) >= 11 is 0. The topological polar surface area (TPSA) is 115 Å². The standard InChI is InChI=1S/C19H13N3O5/c1-20-14-10-4-2-3-5-11(10)25-12(14)6-7-13-21-15-16(26-13)27-17(22-15)19(8-9-19)18(23)24/h2-5,20H,8-9H2,1H3,(H,23,24). The van der Waals surface area contributed by atoms with Gasteiger partial charge in [-0.2, -0.15) is 9.97 Å². The number of carboxylic acids is 1. The molecule has 0 unspecified atom stereocenters. The van der Waals surface area contributed by atoms with Crippen molar-refractivity contribution in [3.63, 3.8) is 0 Å². The van der Waals surface area contributed by atoms with Crippen LogP contribution in [0.1, 0.15) is 30.4 Å². The molecule has 0 atom stereocenters. The number of fused-ring (bicyclic) bond motifs is 2. The van der Waals surface area contributed by atoms with Gasteiger partial charge in [-0.05, 0) is 30.9 Å². The number of para-hydroxylation sites is 1. The molecular weight excluding hydrogens is 350 g/mol. The highest BCUT2D eigenvalue weighted by molar-refractivity contribution is 5.93. The van der Waals surface area contributed by atoms with E-state index in [2.05, 4.69) is 27.1 Å². The van der Waals surface area contributed by atoms with E-state index in [1.54, 1.807) is 7.05 Å². The molecule has 1 aromatic carbocycles. The molecule has 5 rings (SSSR count). The number of benzene rings is 1. The van der Waals surface area contributed by atoms with Gasteiger partial charge in [-0.1, -0.05) is 12.1 Å². The maximum absolute atomic E-state index is 11.4. The molecule has 0 bridgehead atoms. The fourth-order valence-corrected chi connectivity index (χ4v) is 3.04. The van der Waals surface area contributed by atoms with Gasteiger partial charge in [0.2, 0.25) is 17.3 Å². The van der Waals surface area contributed by atoms with E-state index in [4.69, 9.17) is 13.3 Å². The third kappa shape index (κ3) is 2.29. The first-order valence-electron chi connectivity index (χ1n) is 8.33. The van der Waals surface area contributed by atoms with Crippen LogP contribution in [-0.2, 0) is 10.2 Å². The molecule has 0 saturated heterocycles. The molecule has 3 heterocycles. The number of aliphatic carboxylic acids is 1. The highest BCUT2D eigenvalue weighted by atomic mass is 16.5. The maximum atomic E-state index is 11.4. The van der Waals surface area contributed by atoms with Gasteiger partial charge >= 0.3 is 11.7 Å². The van der Waals surface area contributed by atoms with E-state index in [0.29, 0.717) is 18.6 Å². The van der Waals surface area contributed by atoms with Crippen molar-refractivity contribution in [1.29, 1.82) is 0 Å². The Morgan fingerprint density at radius 3 is 2.70 bits per heavy atom. The summed E-state index contributed by atoms with van der Waals surface area (Å²) in [6.45, 7) is 0. The Kier molecular flexibility index (Phi) is 3.09. The van der Waals surface area contributed by atoms with Gasteiger partial charge in [0.05, 0.1) is 5.69 Å². The zero-order chi connectivity index (χ0) is 18.6. The van der Waals surface area contributed by atoms with Gasteiger partial charge in [-0.25, -0.2) is 0 Å². The first kappa shape index (κ1) is 15.5. The van der Waals surface area contributed by atoms with Crippen LogP contribution in [0.2, 0.25) is 0 Å². The van der Waals surface area contributed by atoms with E-state index < -0.39 is 11.4 Å². The Balaban J connectivity index is 1.50. The van der Waals surface area contributed by atoms with Crippen LogP contribution in [0.3, 0.4) is 0 Å². The lowest BCUT2D eigenvalue weighted by Crippen LogP contribution is -2.19. The van der Waals surface area contributed by atoms with Crippen LogP contribution in [-0.4, -0.2) is 28.1 Å². The fraction of sp³-hybridized carbons (Fsp3) is 0.211. The number of hydrogen-bond donors (Lipinski definition) is 2. The van der Waals surface area contributed by atoms with Crippen LogP contribution >= 0.6 is 0 Å². The molecule has 0 radical (unpaired) electrons. The molecule has 1 aliphatic rings. The number of nitrogens with zero attached hydrogens (tertiary/aromatic N) is 2. The van der Waals surface area contributed by atoms with Crippen LogP contribution < -0.4 is 5.32 Å². The van der Waals surface area contributed by atoms with Crippen molar-refractivity contribution in [1.82, 2.24) is 9.97 Å². The lowest BCUT2D eigenvalue weighted by atomic mass is 10.1. The summed E-state index contributed by atoms with van der Waals surface area (Å²) in [4.78, 5) is 19.7. The predicted molar refractivity (Wildman–Crippen MR) is 94.4 cm³/mol. The molecule has 2 N–H and O–H groups in total. The highest BCUT2D eigenvalue weighted by Gasteiger charge is 2.56. The SMILES string of the molecule is CNc1c(C#Cc2nc3nc(C4(C(=O)O)CC4)oc3o2)oc2ccccc12. The molecule has 3 aromatic heterocycles. The number of hydrogen-bond acceptors (Lipinski definition) is 7. The second-order valence-electron chi connectivity index (χ2n) is 6.34. The second kappa shape index (κ2) is 5.38. The van der Waals surface area contributed by atoms with Crippen molar-refractivity contribution in [3.05, 3.63) is 41.8 Å². The number of furan rings is 1. The van der Waals surface area contributed by atoms with E-state index in [0.717, 1.165) is 16.7 Å². The minimum atomic E-state index is -1.04. The van der Waals surface area contributed by atoms with Crippen LogP contribution in [0.4, 0.5) is 5.69 Å². The normalized spacial score (nSPS) is 14.9. The Hall–Kier alpha value is -3.73. The van der Waals surface area contributed by atoms with E-state index in [1.165, 1.54) is 0 Å². The Morgan fingerprint density at radius 2 is 2.00 bits per heavy atom. The van der Waals surface area contributed by atoms with Gasteiger partial charge in [-0.15, -0.1) is 0 Å². The summed E-state index contributed by atoms with van der Waals surface area (Å²) in [5.41, 5.74) is 0.679. The Labute approximate surface area is 152 Å². The molecule has 1 fully saturated rings. The van der Waals surface area contributed by atoms with Crippen molar-refractivity contribution >= 4 is 34.1 Å². The molecule has 0 aliphatic heterocycles. The molecule has 8 nitrogen and oxygen atoms in total. The van der Waals surface area contributed by atoms with Crippen LogP contribution in [0.15, 0.2) is 37.5 Å². The zero-order valence-electron chi connectivity index (χ0n) is 14.2. The lowest BCUT2D eigenvalue weighted by molar-refractivity contribution is -0.140. The van der Waals surface area contributed by atoms with Crippen LogP contribution in [0.5, 0.6) is 0 Å². The molecule has 8 heteroatoms. The molecule has 27 heavy (non-hydrogen) atoms. The summed E-state index contributed by atoms with van der Waals surface area (Å²) in [7, 11) is 1.79. The average Bonchev–Trinajstić information content (AvgIpc) is 3.07. The van der Waals surface area contributed by atoms with Gasteiger partial charge in [0.15, 0.2) is 0 Å². The second-order valence-corrected chi connectivity index (χ2v) is 6.34. The van der Waals surface area contributed by atoms with E-state index >= 15 is 0 Å². The van der Waals surface area contributed by atoms with Crippen molar-refractivity contribution in [2.45, 2.75) is 18.3 Å². The van der Waals surface area contributed by atoms with E-state index in [1.807, 2.05) is 24.3 Å². The maximum Gasteiger partial charge on any atom is 0.340 e. The zero-order valence-corrected chi connectivity index (χ0v) is 14.2. The average molecular weight is 363 g/mol. The third-order valence-corrected chi connectivity index (χ3v) is 4.67. The summed E-state index contributed by atoms with van der Waals surface area (Å²) < 4.78 is 16.7. The summed E-state index contributed by atoms with van der Waals surface area (Å²) in [5, 5.41) is 13.3. The van der Waals surface area contributed by atoms with Crippen LogP contribution in [0.25, 0.3) is 22.4 Å². The van der Waals surface area contributed by atoms with E-state index in [-0.39, 0.29) is 23.2 Å². The van der Waals surface area contributed by atoms with Gasteiger partial charge < -0.3 is 23.7 Å². The number of rotatable bonds is 3. The summed E-state index contributed by atoms with van der Waals surface area (Å²) in [5.74, 6) is 5.52. The predicted octanol–water partition coefficient (Wildman–Crippen LogP) is 3.12. The number of aromatic nitrogens is 2. The van der Waals surface area contributed by atoms with Crippen molar-refractivity contribution < 1.29 is 23.2 Å². The molecule has 134 valence electrons. The quantitative estimate of drug-likeness (QED) is 0.534. The number of anilines is 1. The van der Waals surface area contributed by atoms with Crippen molar-refractivity contribution in [3.8, 4) is 11.8 Å². The van der Waals surface area contributed by atoms with Gasteiger partial charge in [0.25, 0.3) is 5.89 Å². The first-order valence-corrected chi connectivity index (χ1v) is 8.33. The summed E-state index contributed by atoms with van der Waals surface area (Å²) in [6.07, 6.45) is 0.994. The molecule has 1 aliphatic carbocycles. The Morgan fingerprint density at radius 1 is 1.19 bits per heavy atom. The molecule has 0 amide bonds. The number of carbonyl (C=O) groups is 1. The van der Waals surface area contributed by atoms with Crippen molar-refractivity contribution in [2.24, 2.45) is 0 Å². The van der Waals surface area contributed by atoms with Crippen molar-refractivity contribution in [2.75, 3.05) is 12.4 Å². The fourth-order valence-electron chi connectivity index (χ4n) is 3.04. The van der Waals surface area contributed by atoms with Gasteiger partial charge in [-0.3, -0.25) is 4.79 Å². The first-order chi connectivity index (χ1) is 13.1. The van der Waals surface area contributed by atoms with Gasteiger partial charge in [0, 0.05) is 18.4 Å². The smallest absolute Gasteiger partial charge is 0.340 e. The molecular formula is C19H13N3O5. The number of oxazole rings is 2. The monoisotopic (exact) mass is 363 g/mol. The Bertz CT molecular complexity index is 1230. The summed E-state index contributed by atoms with van der Waals surface area (Å²) in [6, 6.07) is 7.61. The minimum Gasteiger partial charge on any atom is -0.480 e. The minimum absolute atomic E-state index is 0.0697. The lowest BCUT2D eigenvalue weighted by Gasteiger charge is -2.01. The largest absolute Gasteiger partial charge is 0.480 e. The van der Waals surface area contributed by atoms with E-state index in [9.17, 15) is 9.90 Å². The molecule has 0 spiro atoms. The number of nitrogens with one attached hydrogen (secondary N) is 1. The van der Waals surface area contributed by atoms with Gasteiger partial charge in [0.1, 0.15) is 11.0 Å². The highest BCUT2D eigenvalue weighted by Crippen LogP contribution is 2.48. The molecule has 1 saturated carbocycles. The third-order valence-electron chi connectivity index (χ3n) is 4.67. The van der Waals surface area contributed by atoms with Crippen LogP contribution in [0, 0.1) is 11.8 Å². The number of carboxylic acid groups (broad SMARTS) is 1. The molecule has 4 aromatic rings.